The number of fused-ring (bicyclic) bond motifs is 1. The molecule has 7 nitrogen and oxygen atoms in total. The number of nitrogens with one attached hydrogen (secondary N) is 1. The molecule has 140 valence electrons. The van der Waals surface area contributed by atoms with Gasteiger partial charge >= 0.3 is 5.69 Å². The van der Waals surface area contributed by atoms with Crippen molar-refractivity contribution in [2.24, 2.45) is 0 Å². The van der Waals surface area contributed by atoms with E-state index in [2.05, 4.69) is 15.3 Å². The van der Waals surface area contributed by atoms with Crippen LogP contribution in [-0.4, -0.2) is 27.0 Å². The molecule has 0 saturated carbocycles. The summed E-state index contributed by atoms with van der Waals surface area (Å²) in [5.41, 5.74) is 0.383. The molecule has 1 aromatic heterocycles. The highest BCUT2D eigenvalue weighted by atomic mass is 16.6. The van der Waals surface area contributed by atoms with Gasteiger partial charge in [0.25, 0.3) is 0 Å². The predicted molar refractivity (Wildman–Crippen MR) is 109 cm³/mol. The maximum Gasteiger partial charge on any atom is 0.353 e. The van der Waals surface area contributed by atoms with Crippen molar-refractivity contribution in [1.29, 1.82) is 0 Å². The van der Waals surface area contributed by atoms with E-state index >= 15 is 0 Å². The monoisotopic (exact) mass is 365 g/mol. The van der Waals surface area contributed by atoms with Gasteiger partial charge < -0.3 is 10.2 Å². The van der Waals surface area contributed by atoms with Crippen LogP contribution < -0.4 is 10.2 Å². The van der Waals surface area contributed by atoms with Gasteiger partial charge in [0, 0.05) is 17.5 Å². The summed E-state index contributed by atoms with van der Waals surface area (Å²) in [4.78, 5) is 21.7. The first kappa shape index (κ1) is 18.6. The van der Waals surface area contributed by atoms with Crippen LogP contribution in [0.2, 0.25) is 0 Å². The molecule has 0 saturated heterocycles. The molecular weight excluding hydrogens is 342 g/mol. The molecule has 0 spiro atoms. The minimum Gasteiger partial charge on any atom is -0.360 e. The summed E-state index contributed by atoms with van der Waals surface area (Å²) < 4.78 is 0. The summed E-state index contributed by atoms with van der Waals surface area (Å²) in [7, 11) is 0. The molecule has 0 amide bonds. The average molecular weight is 365 g/mol. The molecule has 0 aliphatic heterocycles. The van der Waals surface area contributed by atoms with E-state index < -0.39 is 4.92 Å². The topological polar surface area (TPSA) is 84.2 Å². The fraction of sp³-hybridized carbons (Fsp3) is 0.300. The lowest BCUT2D eigenvalue weighted by atomic mass is 10.1. The standard InChI is InChI=1S/C20H23N5O2/c1-5-24(16-12-8-10-14-9-6-7-11-15(14)16)19-17(25(26)27)18(21-13-22-19)23-20(2,3)4/h6-13H,5H2,1-4H3,(H,21,22,23). The number of nitro groups is 1. The van der Waals surface area contributed by atoms with Gasteiger partial charge in [-0.1, -0.05) is 36.4 Å². The van der Waals surface area contributed by atoms with Crippen molar-refractivity contribution in [2.75, 3.05) is 16.8 Å². The highest BCUT2D eigenvalue weighted by Gasteiger charge is 2.29. The van der Waals surface area contributed by atoms with E-state index in [1.807, 2.05) is 75.1 Å². The summed E-state index contributed by atoms with van der Waals surface area (Å²) in [6, 6.07) is 13.9. The zero-order chi connectivity index (χ0) is 19.6. The van der Waals surface area contributed by atoms with Gasteiger partial charge in [-0.05, 0) is 39.1 Å². The molecule has 2 aromatic carbocycles. The molecule has 1 N–H and O–H groups in total. The Labute approximate surface area is 158 Å². The van der Waals surface area contributed by atoms with Crippen molar-refractivity contribution >= 4 is 33.8 Å². The lowest BCUT2D eigenvalue weighted by molar-refractivity contribution is -0.383. The Balaban J connectivity index is 2.21. The molecule has 0 bridgehead atoms. The zero-order valence-electron chi connectivity index (χ0n) is 15.9. The molecule has 0 fully saturated rings. The number of benzene rings is 2. The average Bonchev–Trinajstić information content (AvgIpc) is 2.61. The number of aromatic nitrogens is 2. The van der Waals surface area contributed by atoms with E-state index in [0.29, 0.717) is 6.54 Å². The Morgan fingerprint density at radius 2 is 1.81 bits per heavy atom. The molecular formula is C20H23N5O2. The Morgan fingerprint density at radius 1 is 1.11 bits per heavy atom. The Hall–Kier alpha value is -3.22. The third kappa shape index (κ3) is 3.81. The van der Waals surface area contributed by atoms with Crippen LogP contribution in [0.25, 0.3) is 10.8 Å². The maximum absolute atomic E-state index is 11.9. The summed E-state index contributed by atoms with van der Waals surface area (Å²) in [5, 5.41) is 17.1. The van der Waals surface area contributed by atoms with Gasteiger partial charge in [0.15, 0.2) is 0 Å². The third-order valence-corrected chi connectivity index (χ3v) is 4.11. The Bertz CT molecular complexity index is 976. The first-order chi connectivity index (χ1) is 12.8. The first-order valence-electron chi connectivity index (χ1n) is 8.84. The SMILES string of the molecule is CCN(c1ncnc(NC(C)(C)C)c1[N+](=O)[O-])c1cccc2ccccc12. The molecule has 3 rings (SSSR count). The summed E-state index contributed by atoms with van der Waals surface area (Å²) >= 11 is 0. The number of anilines is 3. The minimum atomic E-state index is -0.419. The van der Waals surface area contributed by atoms with Crippen molar-refractivity contribution in [1.82, 2.24) is 9.97 Å². The molecule has 0 radical (unpaired) electrons. The van der Waals surface area contributed by atoms with E-state index in [9.17, 15) is 10.1 Å². The second-order valence-electron chi connectivity index (χ2n) is 7.27. The summed E-state index contributed by atoms with van der Waals surface area (Å²) in [5.74, 6) is 0.497. The predicted octanol–water partition coefficient (Wildman–Crippen LogP) is 4.91. The molecule has 0 unspecified atom stereocenters. The highest BCUT2D eigenvalue weighted by molar-refractivity contribution is 5.96. The van der Waals surface area contributed by atoms with Crippen molar-refractivity contribution in [3.8, 4) is 0 Å². The van der Waals surface area contributed by atoms with Crippen LogP contribution in [0.1, 0.15) is 27.7 Å². The smallest absolute Gasteiger partial charge is 0.353 e. The van der Waals surface area contributed by atoms with Gasteiger partial charge in [0.1, 0.15) is 6.33 Å². The quantitative estimate of drug-likeness (QED) is 0.511. The molecule has 0 atom stereocenters. The number of hydrogen-bond acceptors (Lipinski definition) is 6. The lowest BCUT2D eigenvalue weighted by Crippen LogP contribution is -2.28. The van der Waals surface area contributed by atoms with Gasteiger partial charge in [-0.25, -0.2) is 9.97 Å². The Morgan fingerprint density at radius 3 is 2.48 bits per heavy atom. The van der Waals surface area contributed by atoms with Crippen LogP contribution in [0.3, 0.4) is 0 Å². The molecule has 1 heterocycles. The number of nitrogens with zero attached hydrogens (tertiary/aromatic N) is 4. The molecule has 0 aliphatic carbocycles. The highest BCUT2D eigenvalue weighted by Crippen LogP contribution is 2.38. The van der Waals surface area contributed by atoms with Gasteiger partial charge in [-0.3, -0.25) is 10.1 Å². The van der Waals surface area contributed by atoms with Crippen LogP contribution in [0, 0.1) is 10.1 Å². The van der Waals surface area contributed by atoms with Crippen LogP contribution in [0.15, 0.2) is 48.8 Å². The van der Waals surface area contributed by atoms with E-state index in [-0.39, 0.29) is 22.9 Å². The van der Waals surface area contributed by atoms with Crippen molar-refractivity contribution in [2.45, 2.75) is 33.2 Å². The van der Waals surface area contributed by atoms with Crippen LogP contribution in [0.4, 0.5) is 23.0 Å². The van der Waals surface area contributed by atoms with Crippen molar-refractivity contribution in [3.63, 3.8) is 0 Å². The largest absolute Gasteiger partial charge is 0.360 e. The van der Waals surface area contributed by atoms with Crippen molar-refractivity contribution in [3.05, 3.63) is 58.9 Å². The maximum atomic E-state index is 11.9. The van der Waals surface area contributed by atoms with Crippen molar-refractivity contribution < 1.29 is 4.92 Å². The van der Waals surface area contributed by atoms with E-state index in [4.69, 9.17) is 0 Å². The second-order valence-corrected chi connectivity index (χ2v) is 7.27. The van der Waals surface area contributed by atoms with Gasteiger partial charge in [0.05, 0.1) is 10.6 Å². The second kappa shape index (κ2) is 7.19. The molecule has 7 heteroatoms. The molecule has 0 aliphatic rings. The fourth-order valence-electron chi connectivity index (χ4n) is 3.06. The summed E-state index contributed by atoms with van der Waals surface area (Å²) in [6.45, 7) is 8.27. The normalized spacial score (nSPS) is 11.4. The van der Waals surface area contributed by atoms with Crippen LogP contribution >= 0.6 is 0 Å². The fourth-order valence-corrected chi connectivity index (χ4v) is 3.06. The van der Waals surface area contributed by atoms with E-state index in [0.717, 1.165) is 16.5 Å². The van der Waals surface area contributed by atoms with Gasteiger partial charge in [0.2, 0.25) is 11.6 Å². The number of rotatable bonds is 5. The first-order valence-corrected chi connectivity index (χ1v) is 8.84. The number of hydrogen-bond donors (Lipinski definition) is 1. The third-order valence-electron chi connectivity index (χ3n) is 4.11. The summed E-state index contributed by atoms with van der Waals surface area (Å²) in [6.07, 6.45) is 1.37. The van der Waals surface area contributed by atoms with E-state index in [1.54, 1.807) is 0 Å². The Kier molecular flexibility index (Phi) is 4.94. The van der Waals surface area contributed by atoms with E-state index in [1.165, 1.54) is 6.33 Å². The zero-order valence-corrected chi connectivity index (χ0v) is 15.9. The molecule has 27 heavy (non-hydrogen) atoms. The lowest BCUT2D eigenvalue weighted by Gasteiger charge is -2.25. The van der Waals surface area contributed by atoms with Gasteiger partial charge in [-0.2, -0.15) is 0 Å². The van der Waals surface area contributed by atoms with Crippen LogP contribution in [-0.2, 0) is 0 Å². The minimum absolute atomic E-state index is 0.123. The molecule has 3 aromatic rings. The van der Waals surface area contributed by atoms with Crippen LogP contribution in [0.5, 0.6) is 0 Å². The van der Waals surface area contributed by atoms with Gasteiger partial charge in [-0.15, -0.1) is 0 Å².